The third-order valence-corrected chi connectivity index (χ3v) is 6.70. The third-order valence-electron chi connectivity index (χ3n) is 5.22. The lowest BCUT2D eigenvalue weighted by molar-refractivity contribution is -0.153. The summed E-state index contributed by atoms with van der Waals surface area (Å²) in [5.41, 5.74) is -1.19. The number of benzene rings is 1. The predicted octanol–water partition coefficient (Wildman–Crippen LogP) is 5.14. The van der Waals surface area contributed by atoms with Crippen molar-refractivity contribution >= 4 is 40.9 Å². The molecule has 1 aliphatic heterocycles. The second-order valence-corrected chi connectivity index (χ2v) is 9.03. The van der Waals surface area contributed by atoms with E-state index in [0.717, 1.165) is 18.2 Å². The molecule has 1 aromatic carbocycles. The number of carboxylic acids is 1. The third kappa shape index (κ3) is 4.13. The van der Waals surface area contributed by atoms with Crippen LogP contribution in [0.25, 0.3) is 0 Å². The highest BCUT2D eigenvalue weighted by Crippen LogP contribution is 2.54. The van der Waals surface area contributed by atoms with E-state index in [2.05, 4.69) is 11.4 Å². The number of halogens is 2. The summed E-state index contributed by atoms with van der Waals surface area (Å²) >= 11 is 13.6. The number of allylic oxidation sites excluding steroid dienone is 1. The first-order valence-electron chi connectivity index (χ1n) is 9.16. The summed E-state index contributed by atoms with van der Waals surface area (Å²) in [6.07, 6.45) is 1.67. The molecule has 0 saturated carbocycles. The standard InChI is InChI=1S/C20H24Cl2N2O3S/c1-4-6-16-20(5-2,19(26)27)17(13-8-7-12(21)9-15(13)22)14(10-23)18(24-16)28-11(3)25/h7-9,11,16-17,24-25H,4-6H2,1-3H3,(H,26,27). The van der Waals surface area contributed by atoms with Gasteiger partial charge < -0.3 is 15.5 Å². The van der Waals surface area contributed by atoms with Gasteiger partial charge in [-0.25, -0.2) is 0 Å². The van der Waals surface area contributed by atoms with E-state index < -0.39 is 28.8 Å². The molecule has 4 atom stereocenters. The van der Waals surface area contributed by atoms with Crippen LogP contribution >= 0.6 is 35.0 Å². The summed E-state index contributed by atoms with van der Waals surface area (Å²) in [5.74, 6) is -1.74. The summed E-state index contributed by atoms with van der Waals surface area (Å²) in [6.45, 7) is 5.41. The number of carbonyl (C=O) groups is 1. The van der Waals surface area contributed by atoms with Crippen LogP contribution in [0.2, 0.25) is 10.0 Å². The number of aliphatic carboxylic acids is 1. The monoisotopic (exact) mass is 442 g/mol. The van der Waals surface area contributed by atoms with Crippen LogP contribution in [0.5, 0.6) is 0 Å². The smallest absolute Gasteiger partial charge is 0.312 e. The quantitative estimate of drug-likeness (QED) is 0.506. The van der Waals surface area contributed by atoms with Crippen LogP contribution in [-0.4, -0.2) is 27.7 Å². The number of thioether (sulfide) groups is 1. The number of rotatable bonds is 7. The van der Waals surface area contributed by atoms with Crippen LogP contribution < -0.4 is 5.32 Å². The van der Waals surface area contributed by atoms with E-state index in [4.69, 9.17) is 23.2 Å². The zero-order chi connectivity index (χ0) is 21.1. The Morgan fingerprint density at radius 2 is 2.11 bits per heavy atom. The molecule has 1 aliphatic rings. The predicted molar refractivity (Wildman–Crippen MR) is 113 cm³/mol. The zero-order valence-corrected chi connectivity index (χ0v) is 18.3. The molecule has 3 N–H and O–H groups in total. The molecule has 2 rings (SSSR count). The Bertz CT molecular complexity index is 822. The van der Waals surface area contributed by atoms with E-state index in [1.807, 2.05) is 13.8 Å². The van der Waals surface area contributed by atoms with Crippen molar-refractivity contribution in [2.75, 3.05) is 0 Å². The highest BCUT2D eigenvalue weighted by atomic mass is 35.5. The summed E-state index contributed by atoms with van der Waals surface area (Å²) in [6, 6.07) is 6.67. The topological polar surface area (TPSA) is 93.4 Å². The Morgan fingerprint density at radius 3 is 2.57 bits per heavy atom. The molecule has 0 aliphatic carbocycles. The fourth-order valence-corrected chi connectivity index (χ4v) is 5.36. The van der Waals surface area contributed by atoms with Crippen molar-refractivity contribution in [3.05, 3.63) is 44.4 Å². The minimum absolute atomic E-state index is 0.270. The van der Waals surface area contributed by atoms with Crippen molar-refractivity contribution in [1.82, 2.24) is 5.32 Å². The Morgan fingerprint density at radius 1 is 1.43 bits per heavy atom. The van der Waals surface area contributed by atoms with Crippen LogP contribution in [0, 0.1) is 16.7 Å². The van der Waals surface area contributed by atoms with Gasteiger partial charge in [-0.1, -0.05) is 61.3 Å². The zero-order valence-electron chi connectivity index (χ0n) is 16.0. The number of hydrogen-bond donors (Lipinski definition) is 3. The lowest BCUT2D eigenvalue weighted by Gasteiger charge is -2.47. The molecule has 0 saturated heterocycles. The van der Waals surface area contributed by atoms with Gasteiger partial charge in [0.05, 0.1) is 22.1 Å². The van der Waals surface area contributed by atoms with Crippen molar-refractivity contribution < 1.29 is 15.0 Å². The van der Waals surface area contributed by atoms with Gasteiger partial charge in [0.15, 0.2) is 0 Å². The molecule has 0 amide bonds. The molecule has 0 aromatic heterocycles. The summed E-state index contributed by atoms with van der Waals surface area (Å²) in [5, 5.41) is 34.7. The minimum Gasteiger partial charge on any atom is -0.481 e. The van der Waals surface area contributed by atoms with Crippen LogP contribution in [0.15, 0.2) is 28.8 Å². The largest absolute Gasteiger partial charge is 0.481 e. The van der Waals surface area contributed by atoms with Gasteiger partial charge in [0.25, 0.3) is 0 Å². The average molecular weight is 443 g/mol. The second kappa shape index (κ2) is 9.41. The number of nitriles is 1. The molecule has 0 radical (unpaired) electrons. The molecule has 152 valence electrons. The molecule has 8 heteroatoms. The molecule has 28 heavy (non-hydrogen) atoms. The molecular weight excluding hydrogens is 419 g/mol. The number of aliphatic hydroxyl groups is 1. The average Bonchev–Trinajstić information content (AvgIpc) is 2.61. The number of nitrogens with zero attached hydrogens (tertiary/aromatic N) is 1. The molecule has 4 unspecified atom stereocenters. The van der Waals surface area contributed by atoms with Crippen molar-refractivity contribution in [1.29, 1.82) is 5.26 Å². The summed E-state index contributed by atoms with van der Waals surface area (Å²) < 4.78 is 0. The molecular formula is C20H24Cl2N2O3S. The highest BCUT2D eigenvalue weighted by Gasteiger charge is 2.56. The van der Waals surface area contributed by atoms with Crippen LogP contribution in [0.4, 0.5) is 0 Å². The first-order valence-corrected chi connectivity index (χ1v) is 10.8. The van der Waals surface area contributed by atoms with Gasteiger partial charge in [0.1, 0.15) is 5.44 Å². The van der Waals surface area contributed by atoms with Crippen LogP contribution in [0.3, 0.4) is 0 Å². The molecule has 0 bridgehead atoms. The summed E-state index contributed by atoms with van der Waals surface area (Å²) in [4.78, 5) is 12.6. The summed E-state index contributed by atoms with van der Waals surface area (Å²) in [7, 11) is 0. The Labute approximate surface area is 179 Å². The van der Waals surface area contributed by atoms with E-state index in [-0.39, 0.29) is 5.57 Å². The van der Waals surface area contributed by atoms with Gasteiger partial charge in [-0.3, -0.25) is 4.79 Å². The van der Waals surface area contributed by atoms with Gasteiger partial charge >= 0.3 is 5.97 Å². The fraction of sp³-hybridized carbons (Fsp3) is 0.500. The number of hydrogen-bond acceptors (Lipinski definition) is 5. The van der Waals surface area contributed by atoms with Gasteiger partial charge in [0, 0.05) is 22.0 Å². The Balaban J connectivity index is 2.85. The maximum absolute atomic E-state index is 12.6. The molecule has 5 nitrogen and oxygen atoms in total. The van der Waals surface area contributed by atoms with Gasteiger partial charge in [0.2, 0.25) is 0 Å². The van der Waals surface area contributed by atoms with Gasteiger partial charge in [-0.05, 0) is 37.5 Å². The normalized spacial score (nSPS) is 25.8. The van der Waals surface area contributed by atoms with E-state index in [1.165, 1.54) is 0 Å². The van der Waals surface area contributed by atoms with E-state index in [0.29, 0.717) is 33.5 Å². The van der Waals surface area contributed by atoms with Crippen LogP contribution in [-0.2, 0) is 4.79 Å². The SMILES string of the molecule is CCCC1NC(SC(C)O)=C(C#N)C(c2ccc(Cl)cc2Cl)C1(CC)C(=O)O. The van der Waals surface area contributed by atoms with E-state index in [9.17, 15) is 20.3 Å². The number of aliphatic hydroxyl groups excluding tert-OH is 1. The molecule has 1 aromatic rings. The molecule has 0 spiro atoms. The van der Waals surface area contributed by atoms with Crippen molar-refractivity contribution in [3.8, 4) is 6.07 Å². The van der Waals surface area contributed by atoms with Crippen LogP contribution in [0.1, 0.15) is 51.5 Å². The van der Waals surface area contributed by atoms with Gasteiger partial charge in [-0.2, -0.15) is 5.26 Å². The number of nitrogens with one attached hydrogen (secondary N) is 1. The highest BCUT2D eigenvalue weighted by molar-refractivity contribution is 8.03. The van der Waals surface area contributed by atoms with Gasteiger partial charge in [-0.15, -0.1) is 0 Å². The lowest BCUT2D eigenvalue weighted by Crippen LogP contribution is -2.56. The Hall–Kier alpha value is -1.39. The van der Waals surface area contributed by atoms with E-state index >= 15 is 0 Å². The first-order chi connectivity index (χ1) is 13.2. The van der Waals surface area contributed by atoms with Crippen molar-refractivity contribution in [3.63, 3.8) is 0 Å². The number of carboxylic acid groups (broad SMARTS) is 1. The maximum atomic E-state index is 12.6. The maximum Gasteiger partial charge on any atom is 0.312 e. The molecule has 0 fully saturated rings. The second-order valence-electron chi connectivity index (χ2n) is 6.86. The fourth-order valence-electron chi connectivity index (χ4n) is 4.00. The van der Waals surface area contributed by atoms with Crippen molar-refractivity contribution in [2.24, 2.45) is 5.41 Å². The van der Waals surface area contributed by atoms with Crippen molar-refractivity contribution in [2.45, 2.75) is 57.4 Å². The first kappa shape index (κ1) is 22.9. The van der Waals surface area contributed by atoms with E-state index in [1.54, 1.807) is 25.1 Å². The lowest BCUT2D eigenvalue weighted by atomic mass is 9.60. The Kier molecular flexibility index (Phi) is 7.69. The minimum atomic E-state index is -1.26. The molecule has 1 heterocycles.